The number of fused-ring (bicyclic) bond motifs is 3. The summed E-state index contributed by atoms with van der Waals surface area (Å²) in [5, 5.41) is 7.77. The van der Waals surface area contributed by atoms with Crippen molar-refractivity contribution in [1.82, 2.24) is 5.01 Å². The van der Waals surface area contributed by atoms with E-state index in [4.69, 9.17) is 26.2 Å². The second-order valence-corrected chi connectivity index (χ2v) is 9.41. The molecule has 0 aromatic heterocycles. The molecule has 30 heavy (non-hydrogen) atoms. The minimum atomic E-state index is -0.337. The summed E-state index contributed by atoms with van der Waals surface area (Å²) in [5.41, 5.74) is 4.21. The zero-order valence-corrected chi connectivity index (χ0v) is 19.9. The van der Waals surface area contributed by atoms with Crippen LogP contribution in [0.2, 0.25) is 5.02 Å². The quantitative estimate of drug-likeness (QED) is 0.350. The zero-order valence-electron chi connectivity index (χ0n) is 16.0. The Morgan fingerprint density at radius 3 is 2.50 bits per heavy atom. The maximum atomic E-state index is 6.48. The van der Waals surface area contributed by atoms with Crippen LogP contribution in [-0.2, 0) is 0 Å². The zero-order chi connectivity index (χ0) is 20.8. The number of halogens is 3. The van der Waals surface area contributed by atoms with E-state index in [1.54, 1.807) is 7.11 Å². The van der Waals surface area contributed by atoms with Gasteiger partial charge in [-0.1, -0.05) is 39.7 Å². The fourth-order valence-electron chi connectivity index (χ4n) is 3.92. The summed E-state index contributed by atoms with van der Waals surface area (Å²) in [4.78, 5) is 0. The minimum absolute atomic E-state index is 0.0697. The number of nitrogens with zero attached hydrogens (tertiary/aromatic N) is 2. The summed E-state index contributed by atoms with van der Waals surface area (Å²) in [6.45, 7) is 0. The molecule has 0 bridgehead atoms. The van der Waals surface area contributed by atoms with Crippen LogP contribution in [0.4, 0.5) is 0 Å². The number of rotatable bonds is 3. The van der Waals surface area contributed by atoms with Crippen LogP contribution in [0.1, 0.15) is 35.4 Å². The van der Waals surface area contributed by atoms with Crippen molar-refractivity contribution >= 4 is 49.2 Å². The topological polar surface area (TPSA) is 34.1 Å². The molecule has 3 aromatic rings. The Kier molecular flexibility index (Phi) is 5.25. The molecular weight excluding hydrogens is 532 g/mol. The molecule has 0 radical (unpaired) electrons. The van der Waals surface area contributed by atoms with Gasteiger partial charge in [-0.2, -0.15) is 5.10 Å². The van der Waals surface area contributed by atoms with Gasteiger partial charge in [0.2, 0.25) is 6.23 Å². The first kappa shape index (κ1) is 19.9. The van der Waals surface area contributed by atoms with Crippen molar-refractivity contribution < 1.29 is 9.47 Å². The molecule has 0 aliphatic carbocycles. The Morgan fingerprint density at radius 2 is 1.80 bits per heavy atom. The van der Waals surface area contributed by atoms with Crippen molar-refractivity contribution in [3.8, 4) is 11.5 Å². The molecule has 0 spiro atoms. The van der Waals surface area contributed by atoms with Crippen LogP contribution in [0.15, 0.2) is 74.7 Å². The molecule has 2 aliphatic rings. The van der Waals surface area contributed by atoms with E-state index in [-0.39, 0.29) is 12.3 Å². The Labute approximate surface area is 196 Å². The molecule has 3 aromatic carbocycles. The normalized spacial score (nSPS) is 19.6. The molecule has 2 aliphatic heterocycles. The standard InChI is InChI=1S/C23H17Br2ClN2O2/c1-29-17-8-4-14(5-9-17)23-28-21(18-10-15(24)11-19(25)22(18)30-23)12-20(27-28)13-2-6-16(26)7-3-13/h2-11,21,23H,12H2,1H3/t21-,23-/m1/s1. The van der Waals surface area contributed by atoms with Crippen LogP contribution in [0.5, 0.6) is 11.5 Å². The monoisotopic (exact) mass is 546 g/mol. The first-order valence-electron chi connectivity index (χ1n) is 9.45. The molecule has 0 fully saturated rings. The number of hydrogen-bond acceptors (Lipinski definition) is 4. The Morgan fingerprint density at radius 1 is 1.07 bits per heavy atom. The highest BCUT2D eigenvalue weighted by Crippen LogP contribution is 2.50. The lowest BCUT2D eigenvalue weighted by Crippen LogP contribution is -2.33. The first-order valence-corrected chi connectivity index (χ1v) is 11.4. The van der Waals surface area contributed by atoms with E-state index in [1.807, 2.05) is 54.6 Å². The van der Waals surface area contributed by atoms with Gasteiger partial charge in [-0.25, -0.2) is 5.01 Å². The third-order valence-electron chi connectivity index (χ3n) is 5.39. The van der Waals surface area contributed by atoms with E-state index in [0.29, 0.717) is 5.02 Å². The lowest BCUT2D eigenvalue weighted by molar-refractivity contribution is -0.0197. The summed E-state index contributed by atoms with van der Waals surface area (Å²) in [5.74, 6) is 1.66. The lowest BCUT2D eigenvalue weighted by atomic mass is 9.96. The number of hydrogen-bond donors (Lipinski definition) is 0. The van der Waals surface area contributed by atoms with E-state index in [0.717, 1.165) is 49.3 Å². The van der Waals surface area contributed by atoms with Gasteiger partial charge in [-0.15, -0.1) is 0 Å². The van der Waals surface area contributed by atoms with Crippen LogP contribution >= 0.6 is 43.5 Å². The molecule has 5 rings (SSSR count). The molecule has 7 heteroatoms. The largest absolute Gasteiger partial charge is 0.497 e. The molecule has 2 atom stereocenters. The van der Waals surface area contributed by atoms with E-state index in [1.165, 1.54) is 0 Å². The Hall–Kier alpha value is -2.02. The van der Waals surface area contributed by atoms with E-state index >= 15 is 0 Å². The molecule has 2 heterocycles. The van der Waals surface area contributed by atoms with Crippen molar-refractivity contribution in [3.63, 3.8) is 0 Å². The average Bonchev–Trinajstić information content (AvgIpc) is 3.20. The van der Waals surface area contributed by atoms with Crippen molar-refractivity contribution in [1.29, 1.82) is 0 Å². The maximum Gasteiger partial charge on any atom is 0.213 e. The fraction of sp³-hybridized carbons (Fsp3) is 0.174. The van der Waals surface area contributed by atoms with Crippen LogP contribution in [0, 0.1) is 0 Å². The minimum Gasteiger partial charge on any atom is -0.497 e. The van der Waals surface area contributed by atoms with Crippen LogP contribution in [0.25, 0.3) is 0 Å². The Bertz CT molecular complexity index is 1130. The van der Waals surface area contributed by atoms with Crippen LogP contribution in [0.3, 0.4) is 0 Å². The van der Waals surface area contributed by atoms with Gasteiger partial charge in [-0.05, 0) is 70.0 Å². The van der Waals surface area contributed by atoms with Gasteiger partial charge in [0.15, 0.2) is 0 Å². The molecule has 0 saturated heterocycles. The van der Waals surface area contributed by atoms with Crippen molar-refractivity contribution in [3.05, 3.63) is 91.3 Å². The van der Waals surface area contributed by atoms with Crippen molar-refractivity contribution in [2.75, 3.05) is 7.11 Å². The molecule has 4 nitrogen and oxygen atoms in total. The Balaban J connectivity index is 1.60. The highest BCUT2D eigenvalue weighted by molar-refractivity contribution is 9.11. The van der Waals surface area contributed by atoms with Crippen LogP contribution < -0.4 is 9.47 Å². The molecule has 0 unspecified atom stereocenters. The summed E-state index contributed by atoms with van der Waals surface area (Å²) >= 11 is 13.4. The average molecular weight is 549 g/mol. The maximum absolute atomic E-state index is 6.48. The predicted octanol–water partition coefficient (Wildman–Crippen LogP) is 7.12. The predicted molar refractivity (Wildman–Crippen MR) is 125 cm³/mol. The number of methoxy groups -OCH3 is 1. The van der Waals surface area contributed by atoms with Gasteiger partial charge in [-0.3, -0.25) is 0 Å². The number of hydrazone groups is 1. The van der Waals surface area contributed by atoms with Crippen molar-refractivity contribution in [2.45, 2.75) is 18.7 Å². The highest BCUT2D eigenvalue weighted by Gasteiger charge is 2.41. The highest BCUT2D eigenvalue weighted by atomic mass is 79.9. The summed E-state index contributed by atoms with van der Waals surface area (Å²) in [7, 11) is 1.66. The van der Waals surface area contributed by atoms with Gasteiger partial charge in [0.1, 0.15) is 11.5 Å². The second-order valence-electron chi connectivity index (χ2n) is 7.20. The third-order valence-corrected chi connectivity index (χ3v) is 6.69. The first-order chi connectivity index (χ1) is 14.5. The van der Waals surface area contributed by atoms with E-state index in [9.17, 15) is 0 Å². The lowest BCUT2D eigenvalue weighted by Gasteiger charge is -2.38. The van der Waals surface area contributed by atoms with Gasteiger partial charge < -0.3 is 9.47 Å². The summed E-state index contributed by atoms with van der Waals surface area (Å²) < 4.78 is 13.7. The van der Waals surface area contributed by atoms with Crippen LogP contribution in [-0.4, -0.2) is 17.8 Å². The van der Waals surface area contributed by atoms with Gasteiger partial charge >= 0.3 is 0 Å². The van der Waals surface area contributed by atoms with Crippen molar-refractivity contribution in [2.24, 2.45) is 5.10 Å². The number of ether oxygens (including phenoxy) is 2. The second kappa shape index (κ2) is 7.91. The molecular formula is C23H17Br2ClN2O2. The number of benzene rings is 3. The van der Waals surface area contributed by atoms with Gasteiger partial charge in [0.05, 0.1) is 23.3 Å². The molecule has 152 valence electrons. The SMILES string of the molecule is COc1ccc([C@H]2Oc3c(Br)cc(Br)cc3[C@H]3CC(c4ccc(Cl)cc4)=NN32)cc1. The smallest absolute Gasteiger partial charge is 0.213 e. The van der Waals surface area contributed by atoms with E-state index in [2.05, 4.69) is 42.9 Å². The molecule has 0 saturated carbocycles. The molecule has 0 N–H and O–H groups in total. The molecule has 0 amide bonds. The fourth-order valence-corrected chi connectivity index (χ4v) is 5.40. The van der Waals surface area contributed by atoms with E-state index < -0.39 is 0 Å². The van der Waals surface area contributed by atoms with Gasteiger partial charge in [0, 0.05) is 27.0 Å². The summed E-state index contributed by atoms with van der Waals surface area (Å²) in [6, 6.07) is 20.0. The summed E-state index contributed by atoms with van der Waals surface area (Å²) in [6.07, 6.45) is 0.448. The third kappa shape index (κ3) is 3.51. The van der Waals surface area contributed by atoms with Gasteiger partial charge in [0.25, 0.3) is 0 Å².